The summed E-state index contributed by atoms with van der Waals surface area (Å²) in [5.74, 6) is -1.09. The summed E-state index contributed by atoms with van der Waals surface area (Å²) in [5, 5.41) is 8.29. The van der Waals surface area contributed by atoms with Gasteiger partial charge >= 0.3 is 0 Å². The lowest BCUT2D eigenvalue weighted by Crippen LogP contribution is -2.41. The lowest BCUT2D eigenvalue weighted by Gasteiger charge is -2.29. The summed E-state index contributed by atoms with van der Waals surface area (Å²) in [6.45, 7) is 0. The van der Waals surface area contributed by atoms with E-state index in [2.05, 4.69) is 10.2 Å². The fourth-order valence-electron chi connectivity index (χ4n) is 4.20. The van der Waals surface area contributed by atoms with Crippen molar-refractivity contribution < 1.29 is 13.6 Å². The van der Waals surface area contributed by atoms with Crippen molar-refractivity contribution in [1.29, 1.82) is 0 Å². The van der Waals surface area contributed by atoms with Crippen molar-refractivity contribution in [3.8, 4) is 11.3 Å². The Kier molecular flexibility index (Phi) is 3.20. The quantitative estimate of drug-likeness (QED) is 0.851. The third-order valence-electron chi connectivity index (χ3n) is 5.27. The van der Waals surface area contributed by atoms with Gasteiger partial charge in [0.25, 0.3) is 0 Å². The van der Waals surface area contributed by atoms with E-state index < -0.39 is 17.0 Å². The van der Waals surface area contributed by atoms with Gasteiger partial charge < -0.3 is 4.90 Å². The molecule has 0 N–H and O–H groups in total. The molecule has 2 atom stereocenters. The van der Waals surface area contributed by atoms with Crippen LogP contribution < -0.4 is 0 Å². The maximum absolute atomic E-state index is 14.0. The van der Waals surface area contributed by atoms with Crippen LogP contribution in [0.4, 0.5) is 8.78 Å². The van der Waals surface area contributed by atoms with E-state index in [-0.39, 0.29) is 23.1 Å². The fourth-order valence-corrected chi connectivity index (χ4v) is 4.20. The number of hydrogen-bond donors (Lipinski definition) is 0. The van der Waals surface area contributed by atoms with Crippen molar-refractivity contribution in [2.45, 2.75) is 30.6 Å². The average molecular weight is 329 g/mol. The Hall–Kier alpha value is -2.37. The molecule has 1 saturated carbocycles. The first-order chi connectivity index (χ1) is 11.4. The Morgan fingerprint density at radius 2 is 1.96 bits per heavy atom. The molecule has 0 aliphatic heterocycles. The molecule has 1 amide bonds. The normalized spacial score (nSPS) is 24.1. The van der Waals surface area contributed by atoms with Gasteiger partial charge in [-0.25, -0.2) is 8.78 Å². The van der Waals surface area contributed by atoms with Gasteiger partial charge in [-0.05, 0) is 48.9 Å². The molecule has 1 fully saturated rings. The molecule has 2 bridgehead atoms. The Morgan fingerprint density at radius 1 is 1.25 bits per heavy atom. The topological polar surface area (TPSA) is 46.1 Å². The van der Waals surface area contributed by atoms with E-state index in [1.165, 1.54) is 18.2 Å². The number of carbonyl (C=O) groups excluding carboxylic acids is 1. The number of rotatable bonds is 2. The van der Waals surface area contributed by atoms with Gasteiger partial charge in [0, 0.05) is 14.1 Å². The van der Waals surface area contributed by atoms with E-state index >= 15 is 0 Å². The number of amides is 1. The van der Waals surface area contributed by atoms with E-state index in [4.69, 9.17) is 0 Å². The zero-order valence-electron chi connectivity index (χ0n) is 13.5. The van der Waals surface area contributed by atoms with Crippen LogP contribution >= 0.6 is 0 Å². The number of carbonyl (C=O) groups is 1. The minimum atomic E-state index is -0.661. The Morgan fingerprint density at radius 3 is 2.62 bits per heavy atom. The fraction of sp³-hybridized carbons (Fsp3) is 0.389. The van der Waals surface area contributed by atoms with Gasteiger partial charge in [-0.1, -0.05) is 6.07 Å². The van der Waals surface area contributed by atoms with E-state index in [0.29, 0.717) is 12.1 Å². The molecular formula is C18H17F2N3O. The van der Waals surface area contributed by atoms with Crippen LogP contribution in [0.2, 0.25) is 0 Å². The Labute approximate surface area is 138 Å². The van der Waals surface area contributed by atoms with Crippen LogP contribution in [0.1, 0.15) is 36.4 Å². The molecule has 1 aromatic carbocycles. The number of aromatic nitrogens is 2. The molecule has 2 aromatic rings. The van der Waals surface area contributed by atoms with Gasteiger partial charge in [0.1, 0.15) is 11.6 Å². The van der Waals surface area contributed by atoms with Crippen LogP contribution in [0.15, 0.2) is 24.3 Å². The summed E-state index contributed by atoms with van der Waals surface area (Å²) in [6, 6.07) is 5.44. The first-order valence-electron chi connectivity index (χ1n) is 7.98. The molecule has 0 unspecified atom stereocenters. The summed E-state index contributed by atoms with van der Waals surface area (Å²) in [5.41, 5.74) is 0.984. The highest BCUT2D eigenvalue weighted by atomic mass is 19.1. The van der Waals surface area contributed by atoms with Crippen molar-refractivity contribution in [2.24, 2.45) is 0 Å². The molecule has 124 valence electrons. The lowest BCUT2D eigenvalue weighted by molar-refractivity contribution is -0.134. The molecule has 1 aromatic heterocycles. The summed E-state index contributed by atoms with van der Waals surface area (Å²) in [4.78, 5) is 14.3. The van der Waals surface area contributed by atoms with Gasteiger partial charge in [-0.15, -0.1) is 5.10 Å². The van der Waals surface area contributed by atoms with Crippen molar-refractivity contribution in [1.82, 2.24) is 15.1 Å². The molecule has 0 saturated heterocycles. The number of benzene rings is 1. The van der Waals surface area contributed by atoms with Gasteiger partial charge in [0.15, 0.2) is 0 Å². The first kappa shape index (κ1) is 15.2. The van der Waals surface area contributed by atoms with Crippen LogP contribution in [-0.4, -0.2) is 35.1 Å². The largest absolute Gasteiger partial charge is 0.348 e. The van der Waals surface area contributed by atoms with Gasteiger partial charge in [-0.2, -0.15) is 5.10 Å². The van der Waals surface area contributed by atoms with Gasteiger partial charge in [0.2, 0.25) is 5.91 Å². The highest BCUT2D eigenvalue weighted by Gasteiger charge is 2.56. The number of fused-ring (bicyclic) bond motifs is 5. The third-order valence-corrected chi connectivity index (χ3v) is 5.27. The zero-order valence-corrected chi connectivity index (χ0v) is 13.5. The van der Waals surface area contributed by atoms with Crippen molar-refractivity contribution in [2.75, 3.05) is 14.1 Å². The monoisotopic (exact) mass is 329 g/mol. The van der Waals surface area contributed by atoms with Gasteiger partial charge in [-0.3, -0.25) is 4.79 Å². The molecular weight excluding hydrogens is 312 g/mol. The molecule has 0 radical (unpaired) electrons. The summed E-state index contributed by atoms with van der Waals surface area (Å²) in [7, 11) is 3.47. The Bertz CT molecular complexity index is 832. The molecule has 4 rings (SSSR count). The highest BCUT2D eigenvalue weighted by Crippen LogP contribution is 2.57. The molecule has 0 spiro atoms. The van der Waals surface area contributed by atoms with Crippen molar-refractivity contribution >= 4 is 5.91 Å². The maximum Gasteiger partial charge on any atom is 0.234 e. The zero-order chi connectivity index (χ0) is 17.1. The minimum absolute atomic E-state index is 0.0304. The molecule has 2 aliphatic carbocycles. The predicted octanol–water partition coefficient (Wildman–Crippen LogP) is 3.03. The van der Waals surface area contributed by atoms with Crippen molar-refractivity contribution in [3.63, 3.8) is 0 Å². The van der Waals surface area contributed by atoms with E-state index in [9.17, 15) is 13.6 Å². The second kappa shape index (κ2) is 5.06. The lowest BCUT2D eigenvalue weighted by atomic mass is 9.81. The summed E-state index contributed by atoms with van der Waals surface area (Å²) < 4.78 is 28.0. The van der Waals surface area contributed by atoms with E-state index in [1.54, 1.807) is 25.1 Å². The molecule has 6 heteroatoms. The summed E-state index contributed by atoms with van der Waals surface area (Å²) in [6.07, 6.45) is 2.35. The molecule has 4 nitrogen and oxygen atoms in total. The number of likely N-dealkylation sites (N-methyl/N-ethyl adjacent to an activating group) is 1. The van der Waals surface area contributed by atoms with Crippen LogP contribution in [0, 0.1) is 11.6 Å². The summed E-state index contributed by atoms with van der Waals surface area (Å²) >= 11 is 0. The Balaban J connectivity index is 1.85. The van der Waals surface area contributed by atoms with Gasteiger partial charge in [0.05, 0.1) is 22.4 Å². The van der Waals surface area contributed by atoms with Crippen LogP contribution in [0.25, 0.3) is 11.3 Å². The molecule has 2 aliphatic rings. The smallest absolute Gasteiger partial charge is 0.234 e. The van der Waals surface area contributed by atoms with Crippen LogP contribution in [-0.2, 0) is 10.2 Å². The van der Waals surface area contributed by atoms with E-state index in [1.807, 2.05) is 0 Å². The second-order valence-electron chi connectivity index (χ2n) is 6.85. The maximum atomic E-state index is 14.0. The molecule has 1 heterocycles. The standard InChI is InChI=1S/C18H17F2N3O/c1-23(2)17(24)18-7-6-10(9-18)11-8-14(21-22-16(11)18)15-12(19)4-3-5-13(15)20/h3-5,8,10H,6-7,9H2,1-2H3/t10-,18-/m1/s1. The third kappa shape index (κ3) is 1.92. The second-order valence-corrected chi connectivity index (χ2v) is 6.85. The first-order valence-corrected chi connectivity index (χ1v) is 7.98. The number of hydrogen-bond acceptors (Lipinski definition) is 3. The van der Waals surface area contributed by atoms with E-state index in [0.717, 1.165) is 18.4 Å². The number of nitrogens with zero attached hydrogens (tertiary/aromatic N) is 3. The van der Waals surface area contributed by atoms with Crippen LogP contribution in [0.3, 0.4) is 0 Å². The minimum Gasteiger partial charge on any atom is -0.348 e. The van der Waals surface area contributed by atoms with Crippen LogP contribution in [0.5, 0.6) is 0 Å². The molecule has 24 heavy (non-hydrogen) atoms. The average Bonchev–Trinajstić information content (AvgIpc) is 3.12. The number of halogens is 2. The highest BCUT2D eigenvalue weighted by molar-refractivity contribution is 5.90. The predicted molar refractivity (Wildman–Crippen MR) is 84.3 cm³/mol. The SMILES string of the molecule is CN(C)C(=O)[C@]12CC[C@H](C1)c1cc(-c3c(F)cccc3F)nnc12. The van der Waals surface area contributed by atoms with Crippen molar-refractivity contribution in [3.05, 3.63) is 47.2 Å².